The van der Waals surface area contributed by atoms with E-state index in [9.17, 15) is 0 Å². The molecule has 0 amide bonds. The van der Waals surface area contributed by atoms with Gasteiger partial charge in [0.1, 0.15) is 6.33 Å². The molecule has 0 aliphatic rings. The zero-order valence-electron chi connectivity index (χ0n) is 10.5. The van der Waals surface area contributed by atoms with Crippen LogP contribution in [0.5, 0.6) is 0 Å². The summed E-state index contributed by atoms with van der Waals surface area (Å²) in [6, 6.07) is 8.57. The molecule has 3 nitrogen and oxygen atoms in total. The molecule has 0 fully saturated rings. The van der Waals surface area contributed by atoms with Crippen molar-refractivity contribution in [1.29, 1.82) is 0 Å². The normalized spacial score (nSPS) is 14.4. The zero-order valence-corrected chi connectivity index (χ0v) is 12.2. The summed E-state index contributed by atoms with van der Waals surface area (Å²) in [6.45, 7) is 4.29. The first-order chi connectivity index (χ1) is 8.70. The average molecular weight is 279 g/mol. The third-order valence-electron chi connectivity index (χ3n) is 2.91. The van der Waals surface area contributed by atoms with Crippen LogP contribution in [0.1, 0.15) is 31.0 Å². The number of nitrogens with two attached hydrogens (primary N) is 1. The van der Waals surface area contributed by atoms with Gasteiger partial charge in [-0.05, 0) is 29.1 Å². The molecule has 96 valence electrons. The van der Waals surface area contributed by atoms with Crippen molar-refractivity contribution in [2.75, 3.05) is 0 Å². The summed E-state index contributed by atoms with van der Waals surface area (Å²) in [7, 11) is 0. The van der Waals surface area contributed by atoms with Gasteiger partial charge in [0.25, 0.3) is 0 Å². The molecular weight excluding hydrogens is 262 g/mol. The second kappa shape index (κ2) is 6.31. The number of hydrogen-bond donors (Lipinski definition) is 1. The number of aromatic nitrogens is 2. The second-order valence-electron chi connectivity index (χ2n) is 4.15. The van der Waals surface area contributed by atoms with Gasteiger partial charge in [0.2, 0.25) is 0 Å². The zero-order chi connectivity index (χ0) is 13.0. The molecule has 2 atom stereocenters. The molecule has 2 aromatic rings. The monoisotopic (exact) mass is 279 g/mol. The third kappa shape index (κ3) is 3.31. The van der Waals surface area contributed by atoms with Crippen LogP contribution in [-0.2, 0) is 6.42 Å². The third-order valence-corrected chi connectivity index (χ3v) is 4.85. The summed E-state index contributed by atoms with van der Waals surface area (Å²) in [6.07, 6.45) is 2.64. The van der Waals surface area contributed by atoms with E-state index in [0.717, 1.165) is 10.8 Å². The van der Waals surface area contributed by atoms with E-state index in [-0.39, 0.29) is 11.3 Å². The maximum Gasteiger partial charge on any atom is 0.170 e. The molecule has 1 aromatic heterocycles. The molecule has 0 aliphatic heterocycles. The van der Waals surface area contributed by atoms with Crippen LogP contribution in [0.3, 0.4) is 0 Å². The fourth-order valence-corrected chi connectivity index (χ4v) is 3.46. The predicted molar refractivity (Wildman–Crippen MR) is 78.0 cm³/mol. The highest BCUT2D eigenvalue weighted by Gasteiger charge is 2.17. The van der Waals surface area contributed by atoms with E-state index in [4.69, 9.17) is 5.73 Å². The first-order valence-electron chi connectivity index (χ1n) is 5.98. The Labute approximate surface area is 116 Å². The predicted octanol–water partition coefficient (Wildman–Crippen LogP) is 3.28. The molecule has 0 radical (unpaired) electrons. The number of hydrogen-bond acceptors (Lipinski definition) is 5. The van der Waals surface area contributed by atoms with E-state index in [1.807, 2.05) is 0 Å². The highest BCUT2D eigenvalue weighted by atomic mass is 32.2. The van der Waals surface area contributed by atoms with Crippen molar-refractivity contribution in [1.82, 2.24) is 9.36 Å². The Kier molecular flexibility index (Phi) is 4.74. The van der Waals surface area contributed by atoms with E-state index in [0.29, 0.717) is 0 Å². The van der Waals surface area contributed by atoms with E-state index < -0.39 is 0 Å². The van der Waals surface area contributed by atoms with Gasteiger partial charge < -0.3 is 5.73 Å². The van der Waals surface area contributed by atoms with Gasteiger partial charge in [-0.2, -0.15) is 4.37 Å². The van der Waals surface area contributed by atoms with Crippen LogP contribution in [0.15, 0.2) is 34.9 Å². The summed E-state index contributed by atoms with van der Waals surface area (Å²) in [5.41, 5.74) is 8.80. The molecule has 0 aliphatic carbocycles. The SMILES string of the molecule is CCc1ccc(C(N)C(C)Sc2ncns2)cc1. The number of aryl methyl sites for hydroxylation is 1. The van der Waals surface area contributed by atoms with Crippen LogP contribution in [0.4, 0.5) is 0 Å². The second-order valence-corrected chi connectivity index (χ2v) is 6.56. The van der Waals surface area contributed by atoms with E-state index in [2.05, 4.69) is 47.5 Å². The topological polar surface area (TPSA) is 51.8 Å². The average Bonchev–Trinajstić information content (AvgIpc) is 2.91. The van der Waals surface area contributed by atoms with Crippen LogP contribution in [-0.4, -0.2) is 14.6 Å². The van der Waals surface area contributed by atoms with Gasteiger partial charge >= 0.3 is 0 Å². The number of benzene rings is 1. The number of thioether (sulfide) groups is 1. The standard InChI is InChI=1S/C13H17N3S2/c1-3-10-4-6-11(7-5-10)12(14)9(2)17-13-15-8-16-18-13/h4-9,12H,3,14H2,1-2H3. The lowest BCUT2D eigenvalue weighted by Crippen LogP contribution is -2.20. The van der Waals surface area contributed by atoms with Crippen molar-refractivity contribution in [2.24, 2.45) is 5.73 Å². The van der Waals surface area contributed by atoms with Crippen LogP contribution >= 0.6 is 23.3 Å². The fourth-order valence-electron chi connectivity index (χ4n) is 1.69. The molecule has 0 saturated carbocycles. The van der Waals surface area contributed by atoms with Gasteiger partial charge in [-0.15, -0.1) is 0 Å². The van der Waals surface area contributed by atoms with Crippen LogP contribution < -0.4 is 5.73 Å². The van der Waals surface area contributed by atoms with E-state index in [1.54, 1.807) is 18.1 Å². The maximum atomic E-state index is 6.28. The lowest BCUT2D eigenvalue weighted by molar-refractivity contribution is 0.714. The molecule has 0 spiro atoms. The lowest BCUT2D eigenvalue weighted by Gasteiger charge is -2.18. The molecule has 2 unspecified atom stereocenters. The van der Waals surface area contributed by atoms with E-state index in [1.165, 1.54) is 22.7 Å². The van der Waals surface area contributed by atoms with Crippen molar-refractivity contribution in [3.8, 4) is 0 Å². The Morgan fingerprint density at radius 1 is 1.33 bits per heavy atom. The molecule has 18 heavy (non-hydrogen) atoms. The summed E-state index contributed by atoms with van der Waals surface area (Å²) in [4.78, 5) is 4.17. The van der Waals surface area contributed by atoms with Gasteiger partial charge in [0.15, 0.2) is 4.34 Å². The van der Waals surface area contributed by atoms with Crippen molar-refractivity contribution in [2.45, 2.75) is 35.9 Å². The molecule has 1 aromatic carbocycles. The summed E-state index contributed by atoms with van der Waals surface area (Å²) >= 11 is 3.10. The van der Waals surface area contributed by atoms with Crippen LogP contribution in [0.25, 0.3) is 0 Å². The summed E-state index contributed by atoms with van der Waals surface area (Å²) < 4.78 is 4.97. The number of nitrogens with zero attached hydrogens (tertiary/aromatic N) is 2. The molecule has 5 heteroatoms. The quantitative estimate of drug-likeness (QED) is 0.853. The van der Waals surface area contributed by atoms with Gasteiger partial charge in [-0.3, -0.25) is 0 Å². The highest BCUT2D eigenvalue weighted by Crippen LogP contribution is 2.31. The minimum Gasteiger partial charge on any atom is -0.323 e. The molecule has 1 heterocycles. The van der Waals surface area contributed by atoms with Gasteiger partial charge in [0.05, 0.1) is 0 Å². The Morgan fingerprint density at radius 2 is 2.06 bits per heavy atom. The summed E-state index contributed by atoms with van der Waals surface area (Å²) in [5, 5.41) is 0.283. The Morgan fingerprint density at radius 3 is 2.61 bits per heavy atom. The van der Waals surface area contributed by atoms with Gasteiger partial charge in [0, 0.05) is 11.3 Å². The number of rotatable bonds is 5. The largest absolute Gasteiger partial charge is 0.323 e. The lowest BCUT2D eigenvalue weighted by atomic mass is 10.0. The van der Waals surface area contributed by atoms with Crippen molar-refractivity contribution in [3.63, 3.8) is 0 Å². The first-order valence-corrected chi connectivity index (χ1v) is 7.63. The Bertz CT molecular complexity index is 467. The molecule has 2 N–H and O–H groups in total. The Balaban J connectivity index is 2.02. The van der Waals surface area contributed by atoms with Gasteiger partial charge in [-0.25, -0.2) is 4.98 Å². The first kappa shape index (κ1) is 13.5. The van der Waals surface area contributed by atoms with Crippen LogP contribution in [0, 0.1) is 0 Å². The van der Waals surface area contributed by atoms with Crippen LogP contribution in [0.2, 0.25) is 0 Å². The van der Waals surface area contributed by atoms with Crippen molar-refractivity contribution < 1.29 is 0 Å². The molecule has 2 rings (SSSR count). The molecule has 0 saturated heterocycles. The maximum absolute atomic E-state index is 6.28. The minimum absolute atomic E-state index is 0.0183. The molecule has 0 bridgehead atoms. The summed E-state index contributed by atoms with van der Waals surface area (Å²) in [5.74, 6) is 0. The smallest absolute Gasteiger partial charge is 0.170 e. The molecular formula is C13H17N3S2. The Hall–Kier alpha value is -0.910. The highest BCUT2D eigenvalue weighted by molar-refractivity contribution is 8.01. The minimum atomic E-state index is 0.0183. The van der Waals surface area contributed by atoms with Crippen molar-refractivity contribution in [3.05, 3.63) is 41.7 Å². The van der Waals surface area contributed by atoms with E-state index >= 15 is 0 Å². The fraction of sp³-hybridized carbons (Fsp3) is 0.385. The van der Waals surface area contributed by atoms with Gasteiger partial charge in [-0.1, -0.05) is 49.9 Å². The van der Waals surface area contributed by atoms with Crippen molar-refractivity contribution >= 4 is 23.3 Å².